The van der Waals surface area contributed by atoms with E-state index in [9.17, 15) is 0 Å². The molecular formula is C16H21N. The maximum atomic E-state index is 3.23. The van der Waals surface area contributed by atoms with Crippen molar-refractivity contribution in [3.63, 3.8) is 0 Å². The highest BCUT2D eigenvalue weighted by molar-refractivity contribution is 5.76. The summed E-state index contributed by atoms with van der Waals surface area (Å²) in [5, 5.41) is 3.23. The largest absolute Gasteiger partial charge is 0.316 e. The number of nitrogens with one attached hydrogen (secondary N) is 1. The van der Waals surface area contributed by atoms with Crippen molar-refractivity contribution in [2.75, 3.05) is 13.6 Å². The Kier molecular flexibility index (Phi) is 2.79. The van der Waals surface area contributed by atoms with Crippen molar-refractivity contribution >= 4 is 5.57 Å². The Labute approximate surface area is 104 Å². The molecule has 17 heavy (non-hydrogen) atoms. The summed E-state index contributed by atoms with van der Waals surface area (Å²) in [6.07, 6.45) is 9.25. The number of fused-ring (bicyclic) bond motifs is 2. The fraction of sp³-hybridized carbons (Fsp3) is 0.500. The van der Waals surface area contributed by atoms with E-state index >= 15 is 0 Å². The Morgan fingerprint density at radius 3 is 2.76 bits per heavy atom. The molecule has 0 bridgehead atoms. The van der Waals surface area contributed by atoms with E-state index in [1.165, 1.54) is 37.7 Å². The van der Waals surface area contributed by atoms with Crippen LogP contribution in [-0.4, -0.2) is 13.6 Å². The molecule has 0 heterocycles. The molecule has 1 N–H and O–H groups in total. The number of hydrogen-bond acceptors (Lipinski definition) is 1. The number of benzene rings is 1. The van der Waals surface area contributed by atoms with Crippen LogP contribution in [0.3, 0.4) is 0 Å². The van der Waals surface area contributed by atoms with Gasteiger partial charge in [0.2, 0.25) is 0 Å². The quantitative estimate of drug-likeness (QED) is 0.815. The van der Waals surface area contributed by atoms with Crippen LogP contribution >= 0.6 is 0 Å². The monoisotopic (exact) mass is 227 g/mol. The number of allylic oxidation sites excluding steroid dienone is 1. The van der Waals surface area contributed by atoms with Gasteiger partial charge in [0.05, 0.1) is 0 Å². The summed E-state index contributed by atoms with van der Waals surface area (Å²) in [6, 6.07) is 9.06. The molecule has 0 saturated heterocycles. The van der Waals surface area contributed by atoms with Crippen molar-refractivity contribution < 1.29 is 0 Å². The molecule has 1 fully saturated rings. The van der Waals surface area contributed by atoms with E-state index in [1.54, 1.807) is 11.1 Å². The van der Waals surface area contributed by atoms with Crippen molar-refractivity contribution in [2.24, 2.45) is 0 Å². The van der Waals surface area contributed by atoms with Gasteiger partial charge >= 0.3 is 0 Å². The van der Waals surface area contributed by atoms with Crippen LogP contribution in [-0.2, 0) is 5.41 Å². The van der Waals surface area contributed by atoms with E-state index in [2.05, 4.69) is 35.7 Å². The van der Waals surface area contributed by atoms with Crippen LogP contribution < -0.4 is 5.32 Å². The lowest BCUT2D eigenvalue weighted by atomic mass is 9.80. The van der Waals surface area contributed by atoms with Crippen molar-refractivity contribution in [1.29, 1.82) is 0 Å². The molecule has 1 aromatic carbocycles. The normalized spacial score (nSPS) is 23.5. The molecule has 2 aliphatic rings. The standard InChI is InChI=1S/C16H21N/c1-17-11-8-13-12-16(9-4-5-10-16)15-7-3-2-6-14(13)15/h2-3,6-8,17H,4-5,9-12H2,1H3/b13-8-. The minimum Gasteiger partial charge on any atom is -0.316 e. The Bertz CT molecular complexity index is 439. The molecular weight excluding hydrogens is 206 g/mol. The van der Waals surface area contributed by atoms with Crippen LogP contribution in [0.1, 0.15) is 43.2 Å². The molecule has 0 radical (unpaired) electrons. The summed E-state index contributed by atoms with van der Waals surface area (Å²) in [5.74, 6) is 0. The van der Waals surface area contributed by atoms with Gasteiger partial charge in [-0.2, -0.15) is 0 Å². The average molecular weight is 227 g/mol. The third kappa shape index (κ3) is 1.73. The second-order valence-electron chi connectivity index (χ2n) is 5.50. The Morgan fingerprint density at radius 2 is 2.00 bits per heavy atom. The van der Waals surface area contributed by atoms with E-state index in [0.717, 1.165) is 6.54 Å². The van der Waals surface area contributed by atoms with Gasteiger partial charge in [0.25, 0.3) is 0 Å². The van der Waals surface area contributed by atoms with Crippen molar-refractivity contribution in [1.82, 2.24) is 5.32 Å². The fourth-order valence-corrected chi connectivity index (χ4v) is 3.69. The molecule has 0 aliphatic heterocycles. The lowest BCUT2D eigenvalue weighted by molar-refractivity contribution is 0.469. The van der Waals surface area contributed by atoms with Gasteiger partial charge in [-0.1, -0.05) is 43.2 Å². The summed E-state index contributed by atoms with van der Waals surface area (Å²) in [4.78, 5) is 0. The Morgan fingerprint density at radius 1 is 1.24 bits per heavy atom. The lowest BCUT2D eigenvalue weighted by Crippen LogP contribution is -2.17. The molecule has 90 valence electrons. The number of hydrogen-bond donors (Lipinski definition) is 1. The van der Waals surface area contributed by atoms with Crippen LogP contribution in [0.15, 0.2) is 30.3 Å². The van der Waals surface area contributed by atoms with Gasteiger partial charge in [-0.25, -0.2) is 0 Å². The molecule has 0 atom stereocenters. The first-order valence-corrected chi connectivity index (χ1v) is 6.79. The first-order valence-electron chi connectivity index (χ1n) is 6.79. The number of likely N-dealkylation sites (N-methyl/N-ethyl adjacent to an activating group) is 1. The minimum absolute atomic E-state index is 0.496. The Balaban J connectivity index is 2.03. The molecule has 1 saturated carbocycles. The second kappa shape index (κ2) is 4.30. The van der Waals surface area contributed by atoms with Crippen molar-refractivity contribution in [3.05, 3.63) is 41.5 Å². The Hall–Kier alpha value is -1.08. The molecule has 0 unspecified atom stereocenters. The van der Waals surface area contributed by atoms with Crippen molar-refractivity contribution in [3.8, 4) is 0 Å². The van der Waals surface area contributed by atoms with Crippen molar-refractivity contribution in [2.45, 2.75) is 37.5 Å². The zero-order valence-electron chi connectivity index (χ0n) is 10.6. The van der Waals surface area contributed by atoms with Crippen LogP contribution in [0.5, 0.6) is 0 Å². The SMILES string of the molecule is CNC/C=C1/CC2(CCCC2)c2ccccc21. The van der Waals surface area contributed by atoms with E-state index in [0.29, 0.717) is 5.41 Å². The minimum atomic E-state index is 0.496. The van der Waals surface area contributed by atoms with E-state index in [1.807, 2.05) is 7.05 Å². The third-order valence-corrected chi connectivity index (χ3v) is 4.49. The summed E-state index contributed by atoms with van der Waals surface area (Å²) in [6.45, 7) is 0.986. The summed E-state index contributed by atoms with van der Waals surface area (Å²) < 4.78 is 0. The van der Waals surface area contributed by atoms with Gasteiger partial charge < -0.3 is 5.32 Å². The predicted octanol–water partition coefficient (Wildman–Crippen LogP) is 3.50. The highest BCUT2D eigenvalue weighted by Gasteiger charge is 2.42. The molecule has 1 nitrogen and oxygen atoms in total. The predicted molar refractivity (Wildman–Crippen MR) is 73.1 cm³/mol. The second-order valence-corrected chi connectivity index (χ2v) is 5.50. The van der Waals surface area contributed by atoms with Crippen LogP contribution in [0.25, 0.3) is 5.57 Å². The zero-order chi connectivity index (χ0) is 11.7. The van der Waals surface area contributed by atoms with Gasteiger partial charge in [0.1, 0.15) is 0 Å². The lowest BCUT2D eigenvalue weighted by Gasteiger charge is -2.23. The first kappa shape index (κ1) is 11.0. The molecule has 0 aromatic heterocycles. The summed E-state index contributed by atoms with van der Waals surface area (Å²) >= 11 is 0. The van der Waals surface area contributed by atoms with Gasteiger partial charge in [0.15, 0.2) is 0 Å². The summed E-state index contributed by atoms with van der Waals surface area (Å²) in [7, 11) is 2.02. The fourth-order valence-electron chi connectivity index (χ4n) is 3.69. The maximum Gasteiger partial charge on any atom is 0.0137 e. The molecule has 1 spiro atoms. The van der Waals surface area contributed by atoms with Gasteiger partial charge in [-0.15, -0.1) is 0 Å². The van der Waals surface area contributed by atoms with Gasteiger partial charge in [-0.3, -0.25) is 0 Å². The smallest absolute Gasteiger partial charge is 0.0137 e. The highest BCUT2D eigenvalue weighted by atomic mass is 14.8. The summed E-state index contributed by atoms with van der Waals surface area (Å²) in [5.41, 5.74) is 5.21. The van der Waals surface area contributed by atoms with Gasteiger partial charge in [-0.05, 0) is 48.4 Å². The topological polar surface area (TPSA) is 12.0 Å². The molecule has 0 amide bonds. The molecule has 1 heteroatoms. The molecule has 3 rings (SSSR count). The third-order valence-electron chi connectivity index (χ3n) is 4.49. The zero-order valence-corrected chi connectivity index (χ0v) is 10.6. The van der Waals surface area contributed by atoms with E-state index < -0.39 is 0 Å². The van der Waals surface area contributed by atoms with Gasteiger partial charge in [0, 0.05) is 6.54 Å². The van der Waals surface area contributed by atoms with Crippen LogP contribution in [0, 0.1) is 0 Å². The van der Waals surface area contributed by atoms with Crippen LogP contribution in [0.4, 0.5) is 0 Å². The van der Waals surface area contributed by atoms with E-state index in [-0.39, 0.29) is 0 Å². The number of rotatable bonds is 2. The molecule has 2 aliphatic carbocycles. The van der Waals surface area contributed by atoms with Crippen LogP contribution in [0.2, 0.25) is 0 Å². The maximum absolute atomic E-state index is 3.23. The molecule has 1 aromatic rings. The highest BCUT2D eigenvalue weighted by Crippen LogP contribution is 2.54. The first-order chi connectivity index (χ1) is 8.36. The van der Waals surface area contributed by atoms with E-state index in [4.69, 9.17) is 0 Å². The average Bonchev–Trinajstić information content (AvgIpc) is 2.95.